The number of carbonyl (C=O) groups excluding carboxylic acids is 1. The summed E-state index contributed by atoms with van der Waals surface area (Å²) in [6, 6.07) is 6.09. The smallest absolute Gasteiger partial charge is 0.471 e. The molecular formula is C23H26F3NO2. The number of methoxy groups -OCH3 is 1. The number of hydrogen-bond donors (Lipinski definition) is 0. The van der Waals surface area contributed by atoms with Crippen LogP contribution in [-0.2, 0) is 16.6 Å². The minimum atomic E-state index is -4.78. The van der Waals surface area contributed by atoms with Crippen molar-refractivity contribution in [2.24, 2.45) is 23.2 Å². The minimum absolute atomic E-state index is 0.0910. The molecule has 1 aromatic carbocycles. The van der Waals surface area contributed by atoms with Crippen LogP contribution in [0, 0.1) is 23.2 Å². The minimum Gasteiger partial charge on any atom is -0.497 e. The van der Waals surface area contributed by atoms with Crippen LogP contribution in [0.25, 0.3) is 0 Å². The molecule has 5 unspecified atom stereocenters. The molecule has 4 fully saturated rings. The van der Waals surface area contributed by atoms with Gasteiger partial charge in [-0.3, -0.25) is 4.79 Å². The van der Waals surface area contributed by atoms with E-state index in [2.05, 4.69) is 12.1 Å². The number of amides is 1. The highest BCUT2D eigenvalue weighted by Crippen LogP contribution is 2.77. The van der Waals surface area contributed by atoms with E-state index < -0.39 is 12.1 Å². The lowest BCUT2D eigenvalue weighted by Gasteiger charge is -2.64. The van der Waals surface area contributed by atoms with Crippen molar-refractivity contribution in [3.05, 3.63) is 29.3 Å². The normalized spacial score (nSPS) is 41.7. The van der Waals surface area contributed by atoms with Crippen LogP contribution in [0.4, 0.5) is 13.2 Å². The third kappa shape index (κ3) is 1.99. The second-order valence-corrected chi connectivity index (χ2v) is 10.00. The first-order chi connectivity index (χ1) is 13.8. The van der Waals surface area contributed by atoms with Crippen molar-refractivity contribution in [1.82, 2.24) is 4.90 Å². The number of carbonyl (C=O) groups is 1. The fraction of sp³-hybridized carbons (Fsp3) is 0.696. The van der Waals surface area contributed by atoms with Gasteiger partial charge in [0.1, 0.15) is 5.75 Å². The number of nitrogens with zero attached hydrogens (tertiary/aromatic N) is 1. The third-order valence-corrected chi connectivity index (χ3v) is 9.40. The van der Waals surface area contributed by atoms with Crippen LogP contribution in [-0.4, -0.2) is 36.7 Å². The predicted octanol–water partition coefficient (Wildman–Crippen LogP) is 4.48. The zero-order chi connectivity index (χ0) is 20.2. The summed E-state index contributed by atoms with van der Waals surface area (Å²) in [6.07, 6.45) is 2.35. The van der Waals surface area contributed by atoms with Crippen LogP contribution >= 0.6 is 0 Å². The number of fused-ring (bicyclic) bond motifs is 1. The van der Waals surface area contributed by atoms with Gasteiger partial charge in [0.15, 0.2) is 0 Å². The summed E-state index contributed by atoms with van der Waals surface area (Å²) >= 11 is 0. The highest BCUT2D eigenvalue weighted by atomic mass is 19.4. The van der Waals surface area contributed by atoms with Gasteiger partial charge >= 0.3 is 12.1 Å². The highest BCUT2D eigenvalue weighted by Gasteiger charge is 2.75. The standard InChI is InChI=1S/C23H26F3NO2/c1-29-16-5-4-13-9-15-3-2-7-22(17(13)10-16)19-14-11-21(15,22)8-6-18(19)27(12-14)20(28)23(24,25)26/h4-5,10,14-15,18-19H,2-3,6-9,11-12H2,1H3/t14-,15?,18?,19?,21?,22?/m1/s1. The molecule has 6 heteroatoms. The summed E-state index contributed by atoms with van der Waals surface area (Å²) in [6.45, 7) is 0.281. The van der Waals surface area contributed by atoms with Gasteiger partial charge in [-0.1, -0.05) is 12.5 Å². The third-order valence-electron chi connectivity index (χ3n) is 9.40. The molecule has 0 N–H and O–H groups in total. The average Bonchev–Trinajstić information content (AvgIpc) is 3.12. The van der Waals surface area contributed by atoms with Crippen LogP contribution < -0.4 is 4.74 Å². The number of hydrogen-bond acceptors (Lipinski definition) is 2. The number of ether oxygens (including phenoxy) is 1. The van der Waals surface area contributed by atoms with Gasteiger partial charge in [-0.25, -0.2) is 0 Å². The van der Waals surface area contributed by atoms with E-state index in [-0.39, 0.29) is 35.3 Å². The summed E-state index contributed by atoms with van der Waals surface area (Å²) in [7, 11) is 1.67. The molecule has 0 radical (unpaired) electrons. The van der Waals surface area contributed by atoms with E-state index in [4.69, 9.17) is 4.74 Å². The molecule has 6 atom stereocenters. The van der Waals surface area contributed by atoms with Crippen LogP contribution in [0.15, 0.2) is 18.2 Å². The Labute approximate surface area is 168 Å². The summed E-state index contributed by atoms with van der Waals surface area (Å²) in [5.41, 5.74) is 2.79. The quantitative estimate of drug-likeness (QED) is 0.690. The van der Waals surface area contributed by atoms with Crippen molar-refractivity contribution >= 4 is 5.91 Å². The Hall–Kier alpha value is -1.72. The first kappa shape index (κ1) is 18.1. The van der Waals surface area contributed by atoms with Gasteiger partial charge in [-0.15, -0.1) is 0 Å². The predicted molar refractivity (Wildman–Crippen MR) is 101 cm³/mol. The van der Waals surface area contributed by atoms with E-state index in [1.54, 1.807) is 7.11 Å². The molecule has 3 nitrogen and oxygen atoms in total. The van der Waals surface area contributed by atoms with Crippen LogP contribution in [0.5, 0.6) is 5.75 Å². The Bertz CT molecular complexity index is 899. The molecule has 5 aliphatic rings. The lowest BCUT2D eigenvalue weighted by Crippen LogP contribution is -2.62. The Morgan fingerprint density at radius 1 is 1.24 bits per heavy atom. The van der Waals surface area contributed by atoms with Crippen LogP contribution in [0.2, 0.25) is 0 Å². The molecule has 1 aliphatic heterocycles. The largest absolute Gasteiger partial charge is 0.497 e. The molecule has 29 heavy (non-hydrogen) atoms. The summed E-state index contributed by atoms with van der Waals surface area (Å²) in [5, 5.41) is 0. The van der Waals surface area contributed by atoms with Crippen molar-refractivity contribution in [3.63, 3.8) is 0 Å². The molecule has 0 spiro atoms. The first-order valence-corrected chi connectivity index (χ1v) is 10.9. The van der Waals surface area contributed by atoms with Crippen molar-refractivity contribution in [2.45, 2.75) is 62.6 Å². The Morgan fingerprint density at radius 3 is 2.83 bits per heavy atom. The van der Waals surface area contributed by atoms with E-state index in [9.17, 15) is 18.0 Å². The average molecular weight is 405 g/mol. The fourth-order valence-corrected chi connectivity index (χ4v) is 8.85. The second kappa shape index (κ2) is 5.50. The number of benzene rings is 1. The SMILES string of the molecule is COc1ccc2c(c1)C13CCCC(C2)C12CCC1C3[C@@H](CN1C(=O)C(F)(F)F)C2. The summed E-state index contributed by atoms with van der Waals surface area (Å²) in [5.74, 6) is 0.159. The van der Waals surface area contributed by atoms with E-state index in [1.165, 1.54) is 22.4 Å². The number of alkyl halides is 3. The maximum absolute atomic E-state index is 13.3. The lowest BCUT2D eigenvalue weighted by molar-refractivity contribution is -0.189. The van der Waals surface area contributed by atoms with Gasteiger partial charge in [0.2, 0.25) is 0 Å². The number of rotatable bonds is 1. The molecule has 1 amide bonds. The zero-order valence-electron chi connectivity index (χ0n) is 16.6. The van der Waals surface area contributed by atoms with Crippen molar-refractivity contribution in [3.8, 4) is 5.75 Å². The lowest BCUT2D eigenvalue weighted by atomic mass is 9.41. The van der Waals surface area contributed by atoms with Gasteiger partial charge in [-0.2, -0.15) is 13.2 Å². The van der Waals surface area contributed by atoms with Gasteiger partial charge in [0.25, 0.3) is 0 Å². The van der Waals surface area contributed by atoms with Crippen molar-refractivity contribution in [1.29, 1.82) is 0 Å². The monoisotopic (exact) mass is 405 g/mol. The molecule has 1 saturated heterocycles. The molecule has 1 aromatic rings. The molecule has 1 heterocycles. The van der Waals surface area contributed by atoms with E-state index >= 15 is 0 Å². The Morgan fingerprint density at radius 2 is 2.07 bits per heavy atom. The molecule has 4 aliphatic carbocycles. The van der Waals surface area contributed by atoms with Crippen LogP contribution in [0.1, 0.15) is 49.7 Å². The van der Waals surface area contributed by atoms with Crippen molar-refractivity contribution in [2.75, 3.05) is 13.7 Å². The first-order valence-electron chi connectivity index (χ1n) is 10.9. The van der Waals surface area contributed by atoms with Gasteiger partial charge in [-0.05, 0) is 85.0 Å². The number of halogens is 3. The highest BCUT2D eigenvalue weighted by molar-refractivity contribution is 5.82. The van der Waals surface area contributed by atoms with Gasteiger partial charge in [0.05, 0.1) is 7.11 Å². The molecular weight excluding hydrogens is 379 g/mol. The Kier molecular flexibility index (Phi) is 3.43. The molecule has 6 rings (SSSR count). The van der Waals surface area contributed by atoms with Crippen LogP contribution in [0.3, 0.4) is 0 Å². The maximum Gasteiger partial charge on any atom is 0.471 e. The molecule has 4 bridgehead atoms. The van der Waals surface area contributed by atoms with Gasteiger partial charge < -0.3 is 9.64 Å². The van der Waals surface area contributed by atoms with E-state index in [1.807, 2.05) is 6.07 Å². The Balaban J connectivity index is 1.53. The molecule has 156 valence electrons. The van der Waals surface area contributed by atoms with E-state index in [0.29, 0.717) is 5.92 Å². The fourth-order valence-electron chi connectivity index (χ4n) is 8.85. The van der Waals surface area contributed by atoms with E-state index in [0.717, 1.165) is 44.3 Å². The number of likely N-dealkylation sites (tertiary alicyclic amines) is 1. The van der Waals surface area contributed by atoms with Gasteiger partial charge in [0, 0.05) is 18.0 Å². The maximum atomic E-state index is 13.3. The summed E-state index contributed by atoms with van der Waals surface area (Å²) < 4.78 is 45.5. The van der Waals surface area contributed by atoms with Crippen molar-refractivity contribution < 1.29 is 22.7 Å². The topological polar surface area (TPSA) is 29.5 Å². The molecule has 0 aromatic heterocycles. The molecule has 3 saturated carbocycles. The second-order valence-electron chi connectivity index (χ2n) is 10.00. The zero-order valence-corrected chi connectivity index (χ0v) is 16.6. The summed E-state index contributed by atoms with van der Waals surface area (Å²) in [4.78, 5) is 13.4.